The van der Waals surface area contributed by atoms with Crippen molar-refractivity contribution in [2.45, 2.75) is 85.3 Å². The number of ether oxygens (including phenoxy) is 5. The van der Waals surface area contributed by atoms with Gasteiger partial charge in [0.25, 0.3) is 0 Å². The lowest BCUT2D eigenvalue weighted by Crippen LogP contribution is -2.53. The fraction of sp³-hybridized carbons (Fsp3) is 0.630. The molecule has 0 aliphatic heterocycles. The van der Waals surface area contributed by atoms with Crippen molar-refractivity contribution < 1.29 is 42.9 Å². The summed E-state index contributed by atoms with van der Waals surface area (Å²) in [6, 6.07) is 4.61. The van der Waals surface area contributed by atoms with Gasteiger partial charge in [0.2, 0.25) is 0 Å². The second-order valence-corrected chi connectivity index (χ2v) is 9.98. The van der Waals surface area contributed by atoms with Gasteiger partial charge in [0.05, 0.1) is 13.7 Å². The quantitative estimate of drug-likeness (QED) is 0.276. The van der Waals surface area contributed by atoms with Gasteiger partial charge in [-0.05, 0) is 42.9 Å². The van der Waals surface area contributed by atoms with Crippen molar-refractivity contribution in [1.29, 1.82) is 0 Å². The van der Waals surface area contributed by atoms with Crippen molar-refractivity contribution in [2.75, 3.05) is 13.7 Å². The van der Waals surface area contributed by atoms with Gasteiger partial charge < -0.3 is 29.4 Å². The molecule has 0 saturated carbocycles. The molecule has 0 heterocycles. The monoisotopic (exact) mass is 523 g/mol. The first-order valence-corrected chi connectivity index (χ1v) is 12.5. The third-order valence-corrected chi connectivity index (χ3v) is 5.09. The van der Waals surface area contributed by atoms with Crippen LogP contribution in [0.2, 0.25) is 0 Å². The molecule has 1 unspecified atom stereocenters. The molecule has 0 amide bonds. The SMILES string of the molecule is CCCOC(=O)O[C@@H](C)CC(N)(Cc1ccc(OC(=O)CC(C)C)c(OC(=O)CC(C)C)c1)C(=O)OC. The first-order chi connectivity index (χ1) is 17.3. The van der Waals surface area contributed by atoms with E-state index in [9.17, 15) is 19.2 Å². The largest absolute Gasteiger partial charge is 0.508 e. The fourth-order valence-corrected chi connectivity index (χ4v) is 3.56. The zero-order chi connectivity index (χ0) is 28.2. The number of methoxy groups -OCH3 is 1. The van der Waals surface area contributed by atoms with Crippen molar-refractivity contribution in [3.63, 3.8) is 0 Å². The highest BCUT2D eigenvalue weighted by atomic mass is 16.7. The molecule has 0 radical (unpaired) electrons. The molecule has 10 nitrogen and oxygen atoms in total. The first-order valence-electron chi connectivity index (χ1n) is 12.5. The number of benzene rings is 1. The Morgan fingerprint density at radius 2 is 1.49 bits per heavy atom. The highest BCUT2D eigenvalue weighted by Gasteiger charge is 2.38. The standard InChI is InChI=1S/C27H41NO9/c1-8-11-34-26(32)35-19(6)15-27(28,25(31)33-7)16-20-9-10-21(36-23(29)12-17(2)3)22(14-20)37-24(30)13-18(4)5/h9-10,14,17-19H,8,11-13,15-16,28H2,1-7H3/t19-,27?/m0/s1. The van der Waals surface area contributed by atoms with Gasteiger partial charge in [0.15, 0.2) is 11.5 Å². The molecule has 1 rings (SSSR count). The molecule has 2 N–H and O–H groups in total. The van der Waals surface area contributed by atoms with E-state index in [1.807, 2.05) is 34.6 Å². The van der Waals surface area contributed by atoms with E-state index in [0.717, 1.165) is 0 Å². The van der Waals surface area contributed by atoms with Crippen LogP contribution in [0.3, 0.4) is 0 Å². The normalized spacial score (nSPS) is 13.5. The fourth-order valence-electron chi connectivity index (χ4n) is 3.56. The molecule has 37 heavy (non-hydrogen) atoms. The summed E-state index contributed by atoms with van der Waals surface area (Å²) in [5.74, 6) is -1.40. The molecule has 0 fully saturated rings. The van der Waals surface area contributed by atoms with Crippen LogP contribution in [-0.4, -0.2) is 49.4 Å². The number of nitrogens with two attached hydrogens (primary N) is 1. The number of rotatable bonds is 14. The Morgan fingerprint density at radius 3 is 2.00 bits per heavy atom. The van der Waals surface area contributed by atoms with Crippen molar-refractivity contribution in [3.8, 4) is 11.5 Å². The Balaban J connectivity index is 3.21. The third-order valence-electron chi connectivity index (χ3n) is 5.09. The second kappa shape index (κ2) is 15.2. The van der Waals surface area contributed by atoms with Gasteiger partial charge in [0.1, 0.15) is 11.6 Å². The van der Waals surface area contributed by atoms with E-state index in [4.69, 9.17) is 29.4 Å². The van der Waals surface area contributed by atoms with Gasteiger partial charge in [0, 0.05) is 25.7 Å². The summed E-state index contributed by atoms with van der Waals surface area (Å²) in [5, 5.41) is 0. The Kier molecular flexibility index (Phi) is 13.1. The van der Waals surface area contributed by atoms with Gasteiger partial charge >= 0.3 is 24.1 Å². The van der Waals surface area contributed by atoms with Crippen molar-refractivity contribution >= 4 is 24.1 Å². The van der Waals surface area contributed by atoms with E-state index in [2.05, 4.69) is 0 Å². The van der Waals surface area contributed by atoms with Crippen LogP contribution < -0.4 is 15.2 Å². The smallest absolute Gasteiger partial charge is 0.468 e. The summed E-state index contributed by atoms with van der Waals surface area (Å²) in [4.78, 5) is 49.1. The van der Waals surface area contributed by atoms with E-state index in [0.29, 0.717) is 12.0 Å². The van der Waals surface area contributed by atoms with Crippen LogP contribution in [0.1, 0.15) is 72.8 Å². The predicted octanol–water partition coefficient (Wildman–Crippen LogP) is 4.34. The zero-order valence-corrected chi connectivity index (χ0v) is 23.0. The minimum absolute atomic E-state index is 0.0354. The molecule has 0 spiro atoms. The van der Waals surface area contributed by atoms with E-state index in [1.54, 1.807) is 13.0 Å². The predicted molar refractivity (Wildman–Crippen MR) is 136 cm³/mol. The Labute approximate surface area is 219 Å². The Hall–Kier alpha value is -3.14. The number of esters is 3. The van der Waals surface area contributed by atoms with Gasteiger partial charge in [-0.3, -0.25) is 14.4 Å². The molecule has 10 heteroatoms. The van der Waals surface area contributed by atoms with E-state index in [-0.39, 0.29) is 55.6 Å². The van der Waals surface area contributed by atoms with Crippen LogP contribution in [-0.2, 0) is 35.0 Å². The van der Waals surface area contributed by atoms with Crippen LogP contribution >= 0.6 is 0 Å². The zero-order valence-electron chi connectivity index (χ0n) is 23.0. The summed E-state index contributed by atoms with van der Waals surface area (Å²) in [6.45, 7) is 11.2. The van der Waals surface area contributed by atoms with Gasteiger partial charge in [-0.15, -0.1) is 0 Å². The third kappa shape index (κ3) is 11.6. The van der Waals surface area contributed by atoms with E-state index < -0.39 is 35.7 Å². The maximum atomic E-state index is 12.7. The molecule has 0 saturated heterocycles. The molecule has 2 atom stereocenters. The molecule has 1 aromatic rings. The summed E-state index contributed by atoms with van der Waals surface area (Å²) in [7, 11) is 1.21. The topological polar surface area (TPSA) is 140 Å². The lowest BCUT2D eigenvalue weighted by molar-refractivity contribution is -0.148. The van der Waals surface area contributed by atoms with Crippen molar-refractivity contribution in [1.82, 2.24) is 0 Å². The summed E-state index contributed by atoms with van der Waals surface area (Å²) in [6.07, 6.45) is -0.717. The first kappa shape index (κ1) is 31.9. The van der Waals surface area contributed by atoms with Crippen LogP contribution in [0.5, 0.6) is 11.5 Å². The van der Waals surface area contributed by atoms with Crippen LogP contribution in [0, 0.1) is 11.8 Å². The Bertz CT molecular complexity index is 928. The molecular weight excluding hydrogens is 482 g/mol. The van der Waals surface area contributed by atoms with E-state index >= 15 is 0 Å². The Morgan fingerprint density at radius 1 is 0.919 bits per heavy atom. The molecule has 0 aliphatic rings. The van der Waals surface area contributed by atoms with Crippen LogP contribution in [0.25, 0.3) is 0 Å². The molecule has 0 aliphatic carbocycles. The van der Waals surface area contributed by atoms with Gasteiger partial charge in [-0.2, -0.15) is 0 Å². The number of carbonyl (C=O) groups is 4. The van der Waals surface area contributed by atoms with Gasteiger partial charge in [-0.1, -0.05) is 40.7 Å². The minimum atomic E-state index is -1.58. The number of hydrogen-bond donors (Lipinski definition) is 1. The van der Waals surface area contributed by atoms with Crippen molar-refractivity contribution in [2.24, 2.45) is 17.6 Å². The molecule has 0 bridgehead atoms. The average molecular weight is 524 g/mol. The number of carbonyl (C=O) groups excluding carboxylic acids is 4. The average Bonchev–Trinajstić information content (AvgIpc) is 2.77. The highest BCUT2D eigenvalue weighted by Crippen LogP contribution is 2.32. The maximum absolute atomic E-state index is 12.7. The lowest BCUT2D eigenvalue weighted by atomic mass is 9.86. The minimum Gasteiger partial charge on any atom is -0.468 e. The molecule has 0 aromatic heterocycles. The lowest BCUT2D eigenvalue weighted by Gasteiger charge is -2.29. The summed E-state index contributed by atoms with van der Waals surface area (Å²) in [5.41, 5.74) is 5.39. The van der Waals surface area contributed by atoms with Crippen LogP contribution in [0.15, 0.2) is 18.2 Å². The van der Waals surface area contributed by atoms with Crippen LogP contribution in [0.4, 0.5) is 4.79 Å². The molecular formula is C27H41NO9. The number of hydrogen-bond acceptors (Lipinski definition) is 10. The summed E-state index contributed by atoms with van der Waals surface area (Å²) < 4.78 is 26.0. The van der Waals surface area contributed by atoms with E-state index in [1.165, 1.54) is 19.2 Å². The van der Waals surface area contributed by atoms with Crippen molar-refractivity contribution in [3.05, 3.63) is 23.8 Å². The van der Waals surface area contributed by atoms with Gasteiger partial charge in [-0.25, -0.2) is 4.79 Å². The maximum Gasteiger partial charge on any atom is 0.508 e. The molecule has 1 aromatic carbocycles. The second-order valence-electron chi connectivity index (χ2n) is 9.98. The molecule has 208 valence electrons. The summed E-state index contributed by atoms with van der Waals surface area (Å²) >= 11 is 0. The highest BCUT2D eigenvalue weighted by molar-refractivity contribution is 5.81.